The van der Waals surface area contributed by atoms with Crippen LogP contribution in [0.15, 0.2) is 33.5 Å². The molecule has 1 heterocycles. The Labute approximate surface area is 222 Å². The Bertz CT molecular complexity index is 798. The number of amides is 1. The Morgan fingerprint density at radius 3 is 2.11 bits per heavy atom. The highest BCUT2D eigenvalue weighted by Gasteiger charge is 2.30. The number of rotatable bonds is 10. The van der Waals surface area contributed by atoms with Crippen molar-refractivity contribution in [3.05, 3.63) is 23.5 Å². The van der Waals surface area contributed by atoms with E-state index in [1.165, 1.54) is 18.5 Å². The van der Waals surface area contributed by atoms with E-state index in [1.807, 2.05) is 20.8 Å². The van der Waals surface area contributed by atoms with Crippen LogP contribution in [-0.2, 0) is 4.79 Å². The average Bonchev–Trinajstić information content (AvgIpc) is 3.65. The molecule has 0 aromatic rings. The first-order chi connectivity index (χ1) is 16.8. The molecule has 6 nitrogen and oxygen atoms in total. The van der Waals surface area contributed by atoms with Crippen LogP contribution in [0.25, 0.3) is 0 Å². The summed E-state index contributed by atoms with van der Waals surface area (Å²) >= 11 is 0. The molecule has 2 rings (SSSR count). The lowest BCUT2D eigenvalue weighted by Crippen LogP contribution is -2.36. The van der Waals surface area contributed by atoms with Crippen LogP contribution in [0.4, 0.5) is 0 Å². The minimum atomic E-state index is -0.200. The second-order valence-corrected chi connectivity index (χ2v) is 12.2. The van der Waals surface area contributed by atoms with E-state index < -0.39 is 0 Å². The zero-order valence-corrected chi connectivity index (χ0v) is 25.1. The molecule has 0 radical (unpaired) electrons. The summed E-state index contributed by atoms with van der Waals surface area (Å²) in [5, 5.41) is 6.40. The van der Waals surface area contributed by atoms with Gasteiger partial charge in [-0.3, -0.25) is 14.8 Å². The molecule has 0 atom stereocenters. The highest BCUT2D eigenvalue weighted by molar-refractivity contribution is 6.10. The highest BCUT2D eigenvalue weighted by Crippen LogP contribution is 2.38. The van der Waals surface area contributed by atoms with Gasteiger partial charge in [0.2, 0.25) is 5.91 Å². The topological polar surface area (TPSA) is 69.1 Å². The molecule has 1 amide bonds. The van der Waals surface area contributed by atoms with Crippen molar-refractivity contribution in [1.82, 2.24) is 15.5 Å². The van der Waals surface area contributed by atoms with Gasteiger partial charge in [-0.1, -0.05) is 62.0 Å². The molecule has 2 N–H and O–H groups in total. The number of hydrogen-bond acceptors (Lipinski definition) is 4. The Morgan fingerprint density at radius 2 is 1.64 bits per heavy atom. The summed E-state index contributed by atoms with van der Waals surface area (Å²) in [4.78, 5) is 24.6. The zero-order valence-electron chi connectivity index (χ0n) is 25.1. The molecule has 1 saturated heterocycles. The molecule has 0 aromatic heterocycles. The van der Waals surface area contributed by atoms with Crippen LogP contribution in [0.1, 0.15) is 94.4 Å². The van der Waals surface area contributed by atoms with Crippen molar-refractivity contribution in [2.45, 2.75) is 94.4 Å². The molecule has 1 aliphatic carbocycles. The van der Waals surface area contributed by atoms with E-state index in [0.29, 0.717) is 18.0 Å². The predicted molar refractivity (Wildman–Crippen MR) is 157 cm³/mol. The van der Waals surface area contributed by atoms with E-state index >= 15 is 0 Å². The summed E-state index contributed by atoms with van der Waals surface area (Å²) in [6, 6.07) is 0. The lowest BCUT2D eigenvalue weighted by Gasteiger charge is -2.34. The van der Waals surface area contributed by atoms with Crippen LogP contribution in [0.5, 0.6) is 0 Å². The second kappa shape index (κ2) is 14.6. The lowest BCUT2D eigenvalue weighted by molar-refractivity contribution is -0.117. The standard InChI is InChI=1S/C28H49N5O.C2H6/c1-20(26(34)31-15-14-27(3,4)5)24(25(29-9)28(6,7)8)32-19-30-18-22-12-16-33(17-13-22)21(2)23-10-11-23;1-2/h19,22-23H,2,10-18H2,1,3-9H3,(H,30,32)(H,31,34);1-2H3/b24-20-,29-25?;. The van der Waals surface area contributed by atoms with E-state index in [2.05, 4.69) is 73.6 Å². The van der Waals surface area contributed by atoms with Gasteiger partial charge in [-0.2, -0.15) is 0 Å². The molecule has 2 aliphatic rings. The summed E-state index contributed by atoms with van der Waals surface area (Å²) in [7, 11) is 1.79. The van der Waals surface area contributed by atoms with Crippen LogP contribution in [0, 0.1) is 22.7 Å². The molecule has 6 heteroatoms. The number of nitrogens with zero attached hydrogens (tertiary/aromatic N) is 3. The van der Waals surface area contributed by atoms with Crippen molar-refractivity contribution in [3.8, 4) is 0 Å². The summed E-state index contributed by atoms with van der Waals surface area (Å²) in [5.41, 5.74) is 3.60. The van der Waals surface area contributed by atoms with Crippen molar-refractivity contribution in [2.75, 3.05) is 33.2 Å². The number of allylic oxidation sites excluding steroid dienone is 2. The van der Waals surface area contributed by atoms with Gasteiger partial charge in [-0.25, -0.2) is 0 Å². The van der Waals surface area contributed by atoms with Crippen molar-refractivity contribution in [2.24, 2.45) is 32.7 Å². The SMILES string of the molecule is C=C(C1CC1)N1CCC(CN=CN/C(C(=NC)C(C)(C)C)=C(/C)C(=O)NCCC(C)(C)C)CC1.CC. The van der Waals surface area contributed by atoms with Gasteiger partial charge in [0.1, 0.15) is 0 Å². The Balaban J connectivity index is 0.00000316. The van der Waals surface area contributed by atoms with E-state index in [1.54, 1.807) is 13.4 Å². The molecule has 36 heavy (non-hydrogen) atoms. The van der Waals surface area contributed by atoms with Crippen LogP contribution < -0.4 is 10.6 Å². The molecular weight excluding hydrogens is 446 g/mol. The number of nitrogens with one attached hydrogen (secondary N) is 2. The Morgan fingerprint density at radius 1 is 1.06 bits per heavy atom. The maximum absolute atomic E-state index is 12.9. The van der Waals surface area contributed by atoms with Gasteiger partial charge >= 0.3 is 0 Å². The summed E-state index contributed by atoms with van der Waals surface area (Å²) in [5.74, 6) is 1.28. The maximum atomic E-state index is 12.9. The quantitative estimate of drug-likeness (QED) is 0.212. The first-order valence-electron chi connectivity index (χ1n) is 14.0. The average molecular weight is 502 g/mol. The molecule has 0 unspecified atom stereocenters. The second-order valence-electron chi connectivity index (χ2n) is 12.2. The smallest absolute Gasteiger partial charge is 0.249 e. The monoisotopic (exact) mass is 501 g/mol. The normalized spacial score (nSPS) is 18.4. The van der Waals surface area contributed by atoms with Crippen molar-refractivity contribution in [3.63, 3.8) is 0 Å². The highest BCUT2D eigenvalue weighted by atomic mass is 16.1. The van der Waals surface area contributed by atoms with E-state index in [9.17, 15) is 4.79 Å². The molecule has 0 spiro atoms. The number of carbonyl (C=O) groups is 1. The summed E-state index contributed by atoms with van der Waals surface area (Å²) in [6.45, 7) is 26.7. The van der Waals surface area contributed by atoms with Gasteiger partial charge in [0.15, 0.2) is 0 Å². The van der Waals surface area contributed by atoms with Crippen LogP contribution in [0.2, 0.25) is 0 Å². The molecule has 2 fully saturated rings. The first kappa shape index (κ1) is 31.9. The van der Waals surface area contributed by atoms with Gasteiger partial charge in [0, 0.05) is 49.9 Å². The number of aliphatic imine (C=N–C) groups is 2. The third kappa shape index (κ3) is 10.9. The maximum Gasteiger partial charge on any atom is 0.249 e. The Kier molecular flexibility index (Phi) is 12.9. The minimum Gasteiger partial charge on any atom is -0.375 e. The van der Waals surface area contributed by atoms with Crippen molar-refractivity contribution < 1.29 is 4.79 Å². The van der Waals surface area contributed by atoms with Gasteiger partial charge < -0.3 is 15.5 Å². The number of carbonyl (C=O) groups excluding carboxylic acids is 1. The molecular formula is C30H55N5O. The fraction of sp³-hybridized carbons (Fsp3) is 0.767. The number of likely N-dealkylation sites (tertiary alicyclic amines) is 1. The molecule has 0 bridgehead atoms. The summed E-state index contributed by atoms with van der Waals surface area (Å²) < 4.78 is 0. The summed E-state index contributed by atoms with van der Waals surface area (Å²) in [6.07, 6.45) is 7.63. The third-order valence-corrected chi connectivity index (χ3v) is 6.78. The molecule has 1 aliphatic heterocycles. The zero-order chi connectivity index (χ0) is 27.5. The van der Waals surface area contributed by atoms with Gasteiger partial charge in [0.25, 0.3) is 0 Å². The van der Waals surface area contributed by atoms with Gasteiger partial charge in [-0.05, 0) is 56.3 Å². The first-order valence-corrected chi connectivity index (χ1v) is 14.0. The van der Waals surface area contributed by atoms with Gasteiger partial charge in [-0.15, -0.1) is 0 Å². The van der Waals surface area contributed by atoms with Crippen LogP contribution >= 0.6 is 0 Å². The van der Waals surface area contributed by atoms with E-state index in [-0.39, 0.29) is 16.7 Å². The number of hydrogen-bond donors (Lipinski definition) is 2. The minimum absolute atomic E-state index is 0.0613. The fourth-order valence-electron chi connectivity index (χ4n) is 4.36. The van der Waals surface area contributed by atoms with Crippen LogP contribution in [0.3, 0.4) is 0 Å². The molecule has 0 aromatic carbocycles. The van der Waals surface area contributed by atoms with Crippen molar-refractivity contribution >= 4 is 18.0 Å². The lowest BCUT2D eigenvalue weighted by atomic mass is 9.86. The van der Waals surface area contributed by atoms with Crippen molar-refractivity contribution in [1.29, 1.82) is 0 Å². The number of piperidine rings is 1. The Hall–Kier alpha value is -2.11. The molecule has 1 saturated carbocycles. The fourth-order valence-corrected chi connectivity index (χ4v) is 4.36. The molecule has 206 valence electrons. The third-order valence-electron chi connectivity index (χ3n) is 6.78. The van der Waals surface area contributed by atoms with E-state index in [4.69, 9.17) is 0 Å². The van der Waals surface area contributed by atoms with E-state index in [0.717, 1.165) is 56.2 Å². The largest absolute Gasteiger partial charge is 0.375 e. The van der Waals surface area contributed by atoms with Crippen LogP contribution in [-0.4, -0.2) is 56.1 Å². The predicted octanol–water partition coefficient (Wildman–Crippen LogP) is 6.21. The van der Waals surface area contributed by atoms with Gasteiger partial charge in [0.05, 0.1) is 17.7 Å².